The van der Waals surface area contributed by atoms with Gasteiger partial charge < -0.3 is 9.47 Å². The van der Waals surface area contributed by atoms with Crippen LogP contribution in [-0.2, 0) is 20.6 Å². The molecule has 24 heavy (non-hydrogen) atoms. The number of fused-ring (bicyclic) bond motifs is 1. The number of nitrogens with zero attached hydrogens (tertiary/aromatic N) is 4. The molecule has 3 rings (SSSR count). The Morgan fingerprint density at radius 3 is 2.54 bits per heavy atom. The van der Waals surface area contributed by atoms with Gasteiger partial charge in [0.05, 0.1) is 12.6 Å². The second-order valence-electron chi connectivity index (χ2n) is 7.35. The quantitative estimate of drug-likeness (QED) is 0.857. The van der Waals surface area contributed by atoms with Crippen molar-refractivity contribution in [2.45, 2.75) is 58.7 Å². The maximum absolute atomic E-state index is 12.7. The summed E-state index contributed by atoms with van der Waals surface area (Å²) in [5, 5.41) is 0. The highest BCUT2D eigenvalue weighted by molar-refractivity contribution is 5.71. The van der Waals surface area contributed by atoms with E-state index in [1.54, 1.807) is 7.05 Å². The van der Waals surface area contributed by atoms with E-state index in [0.717, 1.165) is 18.9 Å². The van der Waals surface area contributed by atoms with Crippen LogP contribution in [0.15, 0.2) is 9.59 Å². The number of rotatable bonds is 3. The molecule has 1 unspecified atom stereocenters. The van der Waals surface area contributed by atoms with Crippen LogP contribution in [0.2, 0.25) is 0 Å². The van der Waals surface area contributed by atoms with Crippen LogP contribution >= 0.6 is 0 Å². The van der Waals surface area contributed by atoms with E-state index in [1.807, 2.05) is 4.57 Å². The number of piperidine rings is 1. The Balaban J connectivity index is 2.19. The van der Waals surface area contributed by atoms with Gasteiger partial charge in [0.1, 0.15) is 6.54 Å². The first-order chi connectivity index (χ1) is 11.3. The van der Waals surface area contributed by atoms with Gasteiger partial charge in [-0.1, -0.05) is 0 Å². The number of likely N-dealkylation sites (tertiary alicyclic amines) is 1. The molecule has 2 aromatic heterocycles. The summed E-state index contributed by atoms with van der Waals surface area (Å²) in [6, 6.07) is 0.723. The van der Waals surface area contributed by atoms with E-state index in [1.165, 1.54) is 40.3 Å². The summed E-state index contributed by atoms with van der Waals surface area (Å²) in [6.45, 7) is 8.34. The van der Waals surface area contributed by atoms with Crippen LogP contribution < -0.4 is 16.1 Å². The van der Waals surface area contributed by atoms with Crippen LogP contribution in [0.4, 0.5) is 0 Å². The van der Waals surface area contributed by atoms with Gasteiger partial charge in [-0.3, -0.25) is 13.9 Å². The van der Waals surface area contributed by atoms with Crippen LogP contribution in [0, 0.1) is 0 Å². The van der Waals surface area contributed by atoms with Gasteiger partial charge in [-0.25, -0.2) is 9.78 Å². The van der Waals surface area contributed by atoms with Gasteiger partial charge in [-0.05, 0) is 40.0 Å². The highest BCUT2D eigenvalue weighted by Gasteiger charge is 2.27. The summed E-state index contributed by atoms with van der Waals surface area (Å²) < 4.78 is 4.67. The number of aryl methyl sites for hydroxylation is 1. The highest BCUT2D eigenvalue weighted by Crippen LogP contribution is 2.17. The number of aromatic nitrogens is 4. The minimum absolute atomic E-state index is 0.120. The van der Waals surface area contributed by atoms with Gasteiger partial charge in [-0.2, -0.15) is 0 Å². The third kappa shape index (κ3) is 2.60. The topological polar surface area (TPSA) is 66.3 Å². The summed E-state index contributed by atoms with van der Waals surface area (Å²) in [7, 11) is 3.21. The van der Waals surface area contributed by atoms with Crippen molar-refractivity contribution in [3.05, 3.63) is 26.7 Å². The molecule has 0 aliphatic carbocycles. The molecule has 1 aliphatic rings. The summed E-state index contributed by atoms with van der Waals surface area (Å²) in [6.07, 6.45) is 3.76. The van der Waals surface area contributed by atoms with Crippen LogP contribution in [0.25, 0.3) is 11.2 Å². The summed E-state index contributed by atoms with van der Waals surface area (Å²) in [5.41, 5.74) is 0.443. The molecule has 1 saturated heterocycles. The second kappa shape index (κ2) is 6.20. The first-order valence-electron chi connectivity index (χ1n) is 8.84. The van der Waals surface area contributed by atoms with E-state index in [-0.39, 0.29) is 17.3 Å². The number of nitrogens with one attached hydrogen (secondary N) is 1. The Morgan fingerprint density at radius 1 is 1.21 bits per heavy atom. The molecule has 0 radical (unpaired) electrons. The second-order valence-corrected chi connectivity index (χ2v) is 7.35. The van der Waals surface area contributed by atoms with Crippen molar-refractivity contribution in [3.8, 4) is 0 Å². The Morgan fingerprint density at radius 2 is 1.92 bits per heavy atom. The van der Waals surface area contributed by atoms with Crippen molar-refractivity contribution in [2.75, 3.05) is 6.54 Å². The zero-order valence-electron chi connectivity index (χ0n) is 15.3. The fraction of sp³-hybridized carbons (Fsp3) is 0.706. The molecule has 1 N–H and O–H groups in total. The molecule has 1 fully saturated rings. The Bertz CT molecular complexity index is 874. The van der Waals surface area contributed by atoms with E-state index >= 15 is 0 Å². The predicted molar refractivity (Wildman–Crippen MR) is 93.4 cm³/mol. The standard InChI is InChI=1S/C17H27N5O2/c1-11(2)22-13(10-21-9-7-6-8-12(21)3)18-15-14(22)16(23)20(5)17(24)19(15)4/h11-12H,6-10H2,1-5H3/p+1/t12-/m0/s1. The normalized spacial score (nSPS) is 21.8. The molecule has 2 aromatic rings. The highest BCUT2D eigenvalue weighted by atomic mass is 16.2. The SMILES string of the molecule is CC(C)n1c(C[NH+]2CCCC[C@@H]2C)nc2c1c(=O)n(C)c(=O)n2C. The maximum atomic E-state index is 12.7. The molecule has 7 heteroatoms. The molecule has 132 valence electrons. The molecule has 2 atom stereocenters. The number of hydrogen-bond acceptors (Lipinski definition) is 3. The lowest BCUT2D eigenvalue weighted by Gasteiger charge is -2.30. The lowest BCUT2D eigenvalue weighted by molar-refractivity contribution is -0.942. The first kappa shape index (κ1) is 17.0. The van der Waals surface area contributed by atoms with Gasteiger partial charge in [0.25, 0.3) is 5.56 Å². The average molecular weight is 334 g/mol. The monoisotopic (exact) mass is 334 g/mol. The van der Waals surface area contributed by atoms with Crippen molar-refractivity contribution < 1.29 is 4.90 Å². The summed E-state index contributed by atoms with van der Waals surface area (Å²) >= 11 is 0. The Labute approximate surface area is 141 Å². The number of quaternary nitrogens is 1. The molecule has 0 saturated carbocycles. The van der Waals surface area contributed by atoms with Crippen molar-refractivity contribution in [2.24, 2.45) is 14.1 Å². The van der Waals surface area contributed by atoms with E-state index in [2.05, 4.69) is 20.8 Å². The van der Waals surface area contributed by atoms with Crippen molar-refractivity contribution >= 4 is 11.2 Å². The molecule has 1 aliphatic heterocycles. The van der Waals surface area contributed by atoms with Gasteiger partial charge >= 0.3 is 5.69 Å². The number of hydrogen-bond donors (Lipinski definition) is 1. The summed E-state index contributed by atoms with van der Waals surface area (Å²) in [5.74, 6) is 0.905. The molecule has 0 bridgehead atoms. The largest absolute Gasteiger partial charge is 0.332 e. The van der Waals surface area contributed by atoms with E-state index in [4.69, 9.17) is 4.98 Å². The lowest BCUT2D eigenvalue weighted by Crippen LogP contribution is -3.15. The van der Waals surface area contributed by atoms with Crippen LogP contribution in [-0.4, -0.2) is 31.3 Å². The lowest BCUT2D eigenvalue weighted by atomic mass is 10.0. The predicted octanol–water partition coefficient (Wildman–Crippen LogP) is -0.0281. The van der Waals surface area contributed by atoms with E-state index < -0.39 is 0 Å². The first-order valence-corrected chi connectivity index (χ1v) is 8.84. The summed E-state index contributed by atoms with van der Waals surface area (Å²) in [4.78, 5) is 31.1. The zero-order chi connectivity index (χ0) is 17.6. The number of imidazole rings is 1. The van der Waals surface area contributed by atoms with E-state index in [9.17, 15) is 9.59 Å². The van der Waals surface area contributed by atoms with E-state index in [0.29, 0.717) is 17.2 Å². The Kier molecular flexibility index (Phi) is 4.38. The minimum atomic E-state index is -0.328. The Hall–Kier alpha value is -1.89. The van der Waals surface area contributed by atoms with Crippen molar-refractivity contribution in [1.82, 2.24) is 18.7 Å². The van der Waals surface area contributed by atoms with Crippen LogP contribution in [0.1, 0.15) is 51.9 Å². The van der Waals surface area contributed by atoms with Crippen molar-refractivity contribution in [3.63, 3.8) is 0 Å². The average Bonchev–Trinajstić information content (AvgIpc) is 2.92. The molecule has 0 aromatic carbocycles. The van der Waals surface area contributed by atoms with Gasteiger partial charge in [0.2, 0.25) is 0 Å². The fourth-order valence-electron chi connectivity index (χ4n) is 3.86. The fourth-order valence-corrected chi connectivity index (χ4v) is 3.86. The van der Waals surface area contributed by atoms with Crippen LogP contribution in [0.3, 0.4) is 0 Å². The molecule has 0 amide bonds. The molecule has 3 heterocycles. The molecular weight excluding hydrogens is 306 g/mol. The van der Waals surface area contributed by atoms with Crippen LogP contribution in [0.5, 0.6) is 0 Å². The molecule has 7 nitrogen and oxygen atoms in total. The minimum Gasteiger partial charge on any atom is -0.326 e. The molecular formula is C17H28N5O2+. The van der Waals surface area contributed by atoms with Gasteiger partial charge in [-0.15, -0.1) is 0 Å². The molecule has 0 spiro atoms. The van der Waals surface area contributed by atoms with Gasteiger partial charge in [0.15, 0.2) is 17.0 Å². The third-order valence-corrected chi connectivity index (χ3v) is 5.35. The van der Waals surface area contributed by atoms with Gasteiger partial charge in [0, 0.05) is 20.1 Å². The maximum Gasteiger partial charge on any atom is 0.332 e. The third-order valence-electron chi connectivity index (χ3n) is 5.35. The zero-order valence-corrected chi connectivity index (χ0v) is 15.3. The van der Waals surface area contributed by atoms with Crippen molar-refractivity contribution in [1.29, 1.82) is 0 Å². The smallest absolute Gasteiger partial charge is 0.326 e.